The van der Waals surface area contributed by atoms with Gasteiger partial charge in [0.2, 0.25) is 0 Å². The molecule has 0 bridgehead atoms. The average molecular weight is 409 g/mol. The van der Waals surface area contributed by atoms with E-state index in [-0.39, 0.29) is 0 Å². The van der Waals surface area contributed by atoms with Crippen LogP contribution in [0.2, 0.25) is 0 Å². The molecule has 0 atom stereocenters. The Labute approximate surface area is 183 Å². The van der Waals surface area contributed by atoms with E-state index in [4.69, 9.17) is 4.74 Å². The highest BCUT2D eigenvalue weighted by Gasteiger charge is 2.20. The largest absolute Gasteiger partial charge is 0.494 e. The van der Waals surface area contributed by atoms with Crippen LogP contribution in [-0.4, -0.2) is 16.6 Å². The van der Waals surface area contributed by atoms with Crippen LogP contribution in [0.25, 0.3) is 11.4 Å². The standard InChI is InChI=1S/C27H40N2O/c1-3-5-6-9-22-11-13-23(14-12-22)10-7-19-30-26-17-15-25(16-18-26)27-28-20-24(8-4-2)21-29-27/h15-18,20-23H,3-14,19H2,1-2H3/t22-,23-. The Morgan fingerprint density at radius 3 is 2.03 bits per heavy atom. The number of hydrogen-bond donors (Lipinski definition) is 0. The molecular formula is C27H40N2O. The van der Waals surface area contributed by atoms with E-state index in [2.05, 4.69) is 35.9 Å². The molecule has 1 aromatic heterocycles. The first kappa shape index (κ1) is 22.8. The van der Waals surface area contributed by atoms with Crippen LogP contribution in [0.3, 0.4) is 0 Å². The summed E-state index contributed by atoms with van der Waals surface area (Å²) >= 11 is 0. The summed E-state index contributed by atoms with van der Waals surface area (Å²) in [5, 5.41) is 0. The van der Waals surface area contributed by atoms with Gasteiger partial charge in [0, 0.05) is 18.0 Å². The van der Waals surface area contributed by atoms with Gasteiger partial charge < -0.3 is 4.74 Å². The summed E-state index contributed by atoms with van der Waals surface area (Å²) in [6.45, 7) is 5.29. The first-order chi connectivity index (χ1) is 14.8. The maximum Gasteiger partial charge on any atom is 0.159 e. The number of unbranched alkanes of at least 4 members (excludes halogenated alkanes) is 2. The Bertz CT molecular complexity index is 703. The fraction of sp³-hybridized carbons (Fsp3) is 0.630. The molecular weight excluding hydrogens is 368 g/mol. The predicted octanol–water partition coefficient (Wildman–Crippen LogP) is 7.64. The Morgan fingerprint density at radius 2 is 1.43 bits per heavy atom. The van der Waals surface area contributed by atoms with Crippen molar-refractivity contribution in [2.45, 2.75) is 90.9 Å². The number of nitrogens with zero attached hydrogens (tertiary/aromatic N) is 2. The fourth-order valence-electron chi connectivity index (χ4n) is 4.68. The molecule has 3 rings (SSSR count). The molecule has 1 aliphatic rings. The normalized spacial score (nSPS) is 19.0. The molecule has 1 aliphatic carbocycles. The van der Waals surface area contributed by atoms with Gasteiger partial charge in [0.1, 0.15) is 5.75 Å². The van der Waals surface area contributed by atoms with Crippen molar-refractivity contribution in [3.63, 3.8) is 0 Å². The molecule has 0 saturated heterocycles. The van der Waals surface area contributed by atoms with Gasteiger partial charge in [0.05, 0.1) is 6.61 Å². The summed E-state index contributed by atoms with van der Waals surface area (Å²) in [4.78, 5) is 9.00. The smallest absolute Gasteiger partial charge is 0.159 e. The van der Waals surface area contributed by atoms with E-state index >= 15 is 0 Å². The van der Waals surface area contributed by atoms with E-state index in [1.807, 2.05) is 24.5 Å². The molecule has 0 unspecified atom stereocenters. The van der Waals surface area contributed by atoms with E-state index < -0.39 is 0 Å². The lowest BCUT2D eigenvalue weighted by molar-refractivity contribution is 0.228. The van der Waals surface area contributed by atoms with Crippen LogP contribution < -0.4 is 4.74 Å². The van der Waals surface area contributed by atoms with Crippen molar-refractivity contribution in [3.8, 4) is 17.1 Å². The van der Waals surface area contributed by atoms with Crippen molar-refractivity contribution < 1.29 is 4.74 Å². The lowest BCUT2D eigenvalue weighted by Gasteiger charge is -2.28. The van der Waals surface area contributed by atoms with Crippen molar-refractivity contribution >= 4 is 0 Å². The molecule has 0 N–H and O–H groups in total. The molecule has 1 saturated carbocycles. The molecule has 0 aliphatic heterocycles. The second kappa shape index (κ2) is 12.7. The molecule has 1 fully saturated rings. The highest BCUT2D eigenvalue weighted by molar-refractivity contribution is 5.55. The topological polar surface area (TPSA) is 35.0 Å². The number of ether oxygens (including phenoxy) is 1. The van der Waals surface area contributed by atoms with Crippen molar-refractivity contribution in [2.24, 2.45) is 11.8 Å². The van der Waals surface area contributed by atoms with Crippen LogP contribution in [-0.2, 0) is 6.42 Å². The monoisotopic (exact) mass is 408 g/mol. The molecule has 1 heterocycles. The first-order valence-corrected chi connectivity index (χ1v) is 12.3. The summed E-state index contributed by atoms with van der Waals surface area (Å²) in [7, 11) is 0. The first-order valence-electron chi connectivity index (χ1n) is 12.3. The lowest BCUT2D eigenvalue weighted by atomic mass is 9.78. The number of hydrogen-bond acceptors (Lipinski definition) is 3. The summed E-state index contributed by atoms with van der Waals surface area (Å²) in [5.41, 5.74) is 2.24. The van der Waals surface area contributed by atoms with Crippen molar-refractivity contribution in [1.82, 2.24) is 9.97 Å². The van der Waals surface area contributed by atoms with E-state index in [9.17, 15) is 0 Å². The third-order valence-corrected chi connectivity index (χ3v) is 6.56. The highest BCUT2D eigenvalue weighted by Crippen LogP contribution is 2.34. The van der Waals surface area contributed by atoms with Crippen LogP contribution in [0.5, 0.6) is 5.75 Å². The molecule has 3 nitrogen and oxygen atoms in total. The van der Waals surface area contributed by atoms with Crippen LogP contribution in [0, 0.1) is 11.8 Å². The SMILES string of the molecule is CCCCC[C@H]1CC[C@H](CCCOc2ccc(-c3ncc(CCC)cn3)cc2)CC1. The summed E-state index contributed by atoms with van der Waals surface area (Å²) in [6.07, 6.45) is 20.0. The van der Waals surface area contributed by atoms with Crippen molar-refractivity contribution in [3.05, 3.63) is 42.2 Å². The van der Waals surface area contributed by atoms with Gasteiger partial charge in [-0.15, -0.1) is 0 Å². The Hall–Kier alpha value is -1.90. The number of rotatable bonds is 12. The van der Waals surface area contributed by atoms with E-state index in [1.165, 1.54) is 63.4 Å². The second-order valence-electron chi connectivity index (χ2n) is 9.06. The second-order valence-corrected chi connectivity index (χ2v) is 9.06. The maximum absolute atomic E-state index is 5.98. The van der Waals surface area contributed by atoms with Gasteiger partial charge in [0.15, 0.2) is 5.82 Å². The molecule has 0 amide bonds. The maximum atomic E-state index is 5.98. The average Bonchev–Trinajstić information content (AvgIpc) is 2.79. The minimum atomic E-state index is 0.784. The molecule has 164 valence electrons. The summed E-state index contributed by atoms with van der Waals surface area (Å²) in [5.74, 6) is 3.66. The van der Waals surface area contributed by atoms with Gasteiger partial charge in [0.25, 0.3) is 0 Å². The zero-order chi connectivity index (χ0) is 21.0. The van der Waals surface area contributed by atoms with Crippen LogP contribution in [0.4, 0.5) is 0 Å². The van der Waals surface area contributed by atoms with Gasteiger partial charge >= 0.3 is 0 Å². The van der Waals surface area contributed by atoms with Crippen molar-refractivity contribution in [1.29, 1.82) is 0 Å². The number of aryl methyl sites for hydroxylation is 1. The molecule has 2 aromatic rings. The third kappa shape index (κ3) is 7.41. The van der Waals surface area contributed by atoms with Gasteiger partial charge in [-0.1, -0.05) is 71.6 Å². The minimum Gasteiger partial charge on any atom is -0.494 e. The Morgan fingerprint density at radius 1 is 0.800 bits per heavy atom. The van der Waals surface area contributed by atoms with E-state index in [1.54, 1.807) is 0 Å². The fourth-order valence-corrected chi connectivity index (χ4v) is 4.68. The molecule has 0 spiro atoms. The van der Waals surface area contributed by atoms with Crippen LogP contribution in [0.15, 0.2) is 36.7 Å². The van der Waals surface area contributed by atoms with Gasteiger partial charge in [-0.3, -0.25) is 0 Å². The predicted molar refractivity (Wildman–Crippen MR) is 126 cm³/mol. The van der Waals surface area contributed by atoms with E-state index in [0.29, 0.717) is 0 Å². The minimum absolute atomic E-state index is 0.784. The molecule has 0 radical (unpaired) electrons. The number of aromatic nitrogens is 2. The van der Waals surface area contributed by atoms with E-state index in [0.717, 1.165) is 54.8 Å². The summed E-state index contributed by atoms with van der Waals surface area (Å²) in [6, 6.07) is 8.20. The van der Waals surface area contributed by atoms with Crippen LogP contribution in [0.1, 0.15) is 90.0 Å². The van der Waals surface area contributed by atoms with Gasteiger partial charge in [-0.05, 0) is 60.9 Å². The zero-order valence-corrected chi connectivity index (χ0v) is 19.1. The van der Waals surface area contributed by atoms with Crippen molar-refractivity contribution in [2.75, 3.05) is 6.61 Å². The third-order valence-electron chi connectivity index (χ3n) is 6.56. The number of benzene rings is 1. The Kier molecular flexibility index (Phi) is 9.66. The molecule has 1 aromatic carbocycles. The lowest BCUT2D eigenvalue weighted by Crippen LogP contribution is -2.15. The quantitative estimate of drug-likeness (QED) is 0.338. The zero-order valence-electron chi connectivity index (χ0n) is 19.1. The summed E-state index contributed by atoms with van der Waals surface area (Å²) < 4.78 is 5.98. The van der Waals surface area contributed by atoms with Gasteiger partial charge in [-0.25, -0.2) is 9.97 Å². The molecule has 30 heavy (non-hydrogen) atoms. The highest BCUT2D eigenvalue weighted by atomic mass is 16.5. The van der Waals surface area contributed by atoms with Gasteiger partial charge in [-0.2, -0.15) is 0 Å². The Balaban J connectivity index is 1.33. The molecule has 3 heteroatoms. The van der Waals surface area contributed by atoms with Crippen LogP contribution >= 0.6 is 0 Å².